The molecule has 0 bridgehead atoms. The molecule has 0 aliphatic carbocycles. The van der Waals surface area contributed by atoms with Crippen LogP contribution in [0, 0.1) is 5.92 Å². The molecule has 17 heavy (non-hydrogen) atoms. The number of aromatic nitrogens is 2. The molecule has 2 N–H and O–H groups in total. The molecular weight excluding hydrogens is 238 g/mol. The maximum absolute atomic E-state index is 8.97. The fraction of sp³-hybridized carbons (Fsp3) is 0.750. The normalized spacial score (nSPS) is 12.9. The molecule has 1 atom stereocenters. The number of hydrogen-bond donors (Lipinski definition) is 2. The summed E-state index contributed by atoms with van der Waals surface area (Å²) in [5.74, 6) is 1.48. The van der Waals surface area contributed by atoms with E-state index in [-0.39, 0.29) is 6.61 Å². The first kappa shape index (κ1) is 14.5. The van der Waals surface area contributed by atoms with Crippen LogP contribution in [0.3, 0.4) is 0 Å². The van der Waals surface area contributed by atoms with Gasteiger partial charge in [0.2, 0.25) is 0 Å². The molecule has 0 aliphatic rings. The van der Waals surface area contributed by atoms with E-state index in [0.717, 1.165) is 38.2 Å². The molecule has 1 unspecified atom stereocenters. The predicted octanol–water partition coefficient (Wildman–Crippen LogP) is 1.96. The molecule has 1 aromatic rings. The van der Waals surface area contributed by atoms with E-state index in [1.807, 2.05) is 11.6 Å². The third kappa shape index (κ3) is 4.66. The average molecular weight is 260 g/mol. The van der Waals surface area contributed by atoms with Crippen LogP contribution >= 0.6 is 11.6 Å². The van der Waals surface area contributed by atoms with Crippen molar-refractivity contribution >= 4 is 11.6 Å². The molecule has 4 nitrogen and oxygen atoms in total. The molecule has 0 saturated carbocycles. The first-order valence-corrected chi connectivity index (χ1v) is 6.54. The van der Waals surface area contributed by atoms with Gasteiger partial charge in [0.1, 0.15) is 11.0 Å². The van der Waals surface area contributed by atoms with E-state index < -0.39 is 0 Å². The van der Waals surface area contributed by atoms with E-state index in [1.54, 1.807) is 6.20 Å². The Labute approximate surface area is 108 Å². The summed E-state index contributed by atoms with van der Waals surface area (Å²) in [7, 11) is 1.91. The van der Waals surface area contributed by atoms with Gasteiger partial charge in [0.15, 0.2) is 0 Å². The highest BCUT2D eigenvalue weighted by Crippen LogP contribution is 2.11. The van der Waals surface area contributed by atoms with Crippen LogP contribution in [0.15, 0.2) is 6.20 Å². The molecule has 0 amide bonds. The van der Waals surface area contributed by atoms with Crippen molar-refractivity contribution in [3.05, 3.63) is 17.2 Å². The van der Waals surface area contributed by atoms with Crippen molar-refractivity contribution < 1.29 is 5.11 Å². The molecule has 98 valence electrons. The molecular formula is C12H22ClN3O. The molecule has 0 fully saturated rings. The highest BCUT2D eigenvalue weighted by molar-refractivity contribution is 6.29. The van der Waals surface area contributed by atoms with Crippen molar-refractivity contribution in [1.82, 2.24) is 14.9 Å². The highest BCUT2D eigenvalue weighted by Gasteiger charge is 2.08. The van der Waals surface area contributed by atoms with Crippen molar-refractivity contribution in [1.29, 1.82) is 0 Å². The van der Waals surface area contributed by atoms with Crippen LogP contribution in [0.25, 0.3) is 0 Å². The van der Waals surface area contributed by atoms with Gasteiger partial charge in [-0.2, -0.15) is 0 Å². The number of imidazole rings is 1. The van der Waals surface area contributed by atoms with Crippen LogP contribution in [0.4, 0.5) is 0 Å². The second kappa shape index (κ2) is 7.69. The Morgan fingerprint density at radius 2 is 2.29 bits per heavy atom. The molecule has 0 aromatic carbocycles. The lowest BCUT2D eigenvalue weighted by Gasteiger charge is -2.15. The molecule has 1 rings (SSSR count). The molecule has 0 aliphatic heterocycles. The Bertz CT molecular complexity index is 322. The first-order valence-electron chi connectivity index (χ1n) is 6.16. The number of aliphatic hydroxyl groups is 1. The van der Waals surface area contributed by atoms with Gasteiger partial charge in [0.05, 0.1) is 12.7 Å². The second-order valence-electron chi connectivity index (χ2n) is 4.35. The van der Waals surface area contributed by atoms with Crippen molar-refractivity contribution in [2.24, 2.45) is 13.0 Å². The first-order chi connectivity index (χ1) is 8.19. The van der Waals surface area contributed by atoms with Gasteiger partial charge in [-0.25, -0.2) is 4.98 Å². The summed E-state index contributed by atoms with van der Waals surface area (Å²) in [5, 5.41) is 13.0. The third-order valence-corrected chi connectivity index (χ3v) is 3.33. The summed E-state index contributed by atoms with van der Waals surface area (Å²) in [6.45, 7) is 4.07. The van der Waals surface area contributed by atoms with Crippen LogP contribution in [-0.2, 0) is 13.6 Å². The van der Waals surface area contributed by atoms with Crippen LogP contribution in [-0.4, -0.2) is 27.8 Å². The van der Waals surface area contributed by atoms with Gasteiger partial charge in [-0.05, 0) is 25.3 Å². The Morgan fingerprint density at radius 1 is 1.53 bits per heavy atom. The Balaban J connectivity index is 2.32. The fourth-order valence-corrected chi connectivity index (χ4v) is 2.06. The minimum Gasteiger partial charge on any atom is -0.396 e. The highest BCUT2D eigenvalue weighted by atomic mass is 35.5. The summed E-state index contributed by atoms with van der Waals surface area (Å²) in [6, 6.07) is 0. The number of halogens is 1. The van der Waals surface area contributed by atoms with Crippen molar-refractivity contribution in [2.45, 2.75) is 32.7 Å². The topological polar surface area (TPSA) is 50.1 Å². The molecule has 5 heteroatoms. The van der Waals surface area contributed by atoms with Gasteiger partial charge in [0.25, 0.3) is 0 Å². The van der Waals surface area contributed by atoms with E-state index in [4.69, 9.17) is 16.7 Å². The maximum atomic E-state index is 8.97. The van der Waals surface area contributed by atoms with Crippen molar-refractivity contribution in [3.63, 3.8) is 0 Å². The summed E-state index contributed by atoms with van der Waals surface area (Å²) < 4.78 is 1.87. The van der Waals surface area contributed by atoms with Gasteiger partial charge in [-0.1, -0.05) is 24.9 Å². The zero-order valence-corrected chi connectivity index (χ0v) is 11.4. The lowest BCUT2D eigenvalue weighted by atomic mass is 10.0. The average Bonchev–Trinajstić information content (AvgIpc) is 2.61. The van der Waals surface area contributed by atoms with Crippen LogP contribution < -0.4 is 5.32 Å². The van der Waals surface area contributed by atoms with E-state index >= 15 is 0 Å². The fourth-order valence-electron chi connectivity index (χ4n) is 1.92. The molecule has 1 heterocycles. The van der Waals surface area contributed by atoms with Gasteiger partial charge < -0.3 is 15.0 Å². The van der Waals surface area contributed by atoms with Gasteiger partial charge in [0, 0.05) is 13.7 Å². The lowest BCUT2D eigenvalue weighted by molar-refractivity contribution is 0.247. The maximum Gasteiger partial charge on any atom is 0.128 e. The largest absolute Gasteiger partial charge is 0.396 e. The summed E-state index contributed by atoms with van der Waals surface area (Å²) in [6.07, 6.45) is 4.83. The molecule has 0 radical (unpaired) electrons. The predicted molar refractivity (Wildman–Crippen MR) is 70.0 cm³/mol. The van der Waals surface area contributed by atoms with E-state index in [1.165, 1.54) is 0 Å². The molecule has 0 saturated heterocycles. The number of nitrogens with one attached hydrogen (secondary N) is 1. The smallest absolute Gasteiger partial charge is 0.128 e. The third-order valence-electron chi connectivity index (χ3n) is 2.98. The van der Waals surface area contributed by atoms with Gasteiger partial charge in [-0.15, -0.1) is 0 Å². The van der Waals surface area contributed by atoms with E-state index in [0.29, 0.717) is 11.1 Å². The molecule has 0 spiro atoms. The zero-order chi connectivity index (χ0) is 12.7. The number of aliphatic hydroxyl groups excluding tert-OH is 1. The summed E-state index contributed by atoms with van der Waals surface area (Å²) >= 11 is 5.91. The van der Waals surface area contributed by atoms with Gasteiger partial charge in [-0.3, -0.25) is 0 Å². The number of nitrogens with zero attached hydrogens (tertiary/aromatic N) is 2. The number of rotatable bonds is 8. The monoisotopic (exact) mass is 259 g/mol. The summed E-state index contributed by atoms with van der Waals surface area (Å²) in [4.78, 5) is 4.22. The minimum atomic E-state index is 0.264. The quantitative estimate of drug-likeness (QED) is 0.750. The van der Waals surface area contributed by atoms with Crippen LogP contribution in [0.2, 0.25) is 5.15 Å². The number of hydrogen-bond acceptors (Lipinski definition) is 3. The molecule has 1 aromatic heterocycles. The Kier molecular flexibility index (Phi) is 6.55. The van der Waals surface area contributed by atoms with Crippen LogP contribution in [0.1, 0.15) is 32.0 Å². The van der Waals surface area contributed by atoms with E-state index in [9.17, 15) is 0 Å². The van der Waals surface area contributed by atoms with Crippen molar-refractivity contribution in [3.8, 4) is 0 Å². The Morgan fingerprint density at radius 3 is 2.82 bits per heavy atom. The Hall–Kier alpha value is -0.580. The zero-order valence-electron chi connectivity index (χ0n) is 10.6. The summed E-state index contributed by atoms with van der Waals surface area (Å²) in [5.41, 5.74) is 0. The lowest BCUT2D eigenvalue weighted by Crippen LogP contribution is -2.24. The van der Waals surface area contributed by atoms with E-state index in [2.05, 4.69) is 17.2 Å². The van der Waals surface area contributed by atoms with Crippen LogP contribution in [0.5, 0.6) is 0 Å². The van der Waals surface area contributed by atoms with Crippen molar-refractivity contribution in [2.75, 3.05) is 13.2 Å². The second-order valence-corrected chi connectivity index (χ2v) is 4.74. The van der Waals surface area contributed by atoms with Gasteiger partial charge >= 0.3 is 0 Å². The minimum absolute atomic E-state index is 0.264. The standard InChI is InChI=1S/C12H22ClN3O/c1-3-4-10(5-6-17)7-14-9-12-15-8-11(13)16(12)2/h8,10,14,17H,3-7,9H2,1-2H3. The SMILES string of the molecule is CCCC(CCO)CNCc1ncc(Cl)n1C.